The van der Waals surface area contributed by atoms with Crippen LogP contribution in [0.15, 0.2) is 71.2 Å². The smallest absolute Gasteiger partial charge is 0.295 e. The maximum Gasteiger partial charge on any atom is 0.295 e. The normalized spacial score (nSPS) is 10.8. The Morgan fingerprint density at radius 1 is 0.933 bits per heavy atom. The van der Waals surface area contributed by atoms with Crippen LogP contribution in [0.2, 0.25) is 0 Å². The Kier molecular flexibility index (Phi) is 5.50. The van der Waals surface area contributed by atoms with Crippen molar-refractivity contribution in [2.45, 2.75) is 20.8 Å². The largest absolute Gasteiger partial charge is 0.319 e. The number of halogens is 1. The van der Waals surface area contributed by atoms with Crippen molar-refractivity contribution in [2.24, 2.45) is 0 Å². The topological polar surface area (TPSA) is 59.8 Å². The highest BCUT2D eigenvalue weighted by Crippen LogP contribution is 2.24. The minimum atomic E-state index is -0.347. The van der Waals surface area contributed by atoms with E-state index in [1.807, 2.05) is 87.5 Å². The van der Waals surface area contributed by atoms with Crippen molar-refractivity contribution in [1.29, 1.82) is 0 Å². The standard InChI is InChI=1S/C24H21BrN4O/c1-15-6-4-8-18(12-15)23-27-22(28-29(23)20-9-5-7-16(2)13-20)24(30)26-21-11-10-19(25)14-17(21)3/h4-14H,1-3H3,(H,26,30). The number of carbonyl (C=O) groups excluding carboxylic acids is 1. The summed E-state index contributed by atoms with van der Waals surface area (Å²) in [5.41, 5.74) is 5.67. The van der Waals surface area contributed by atoms with Crippen LogP contribution >= 0.6 is 15.9 Å². The van der Waals surface area contributed by atoms with Crippen LogP contribution in [0.5, 0.6) is 0 Å². The molecule has 1 aromatic heterocycles. The van der Waals surface area contributed by atoms with Crippen LogP contribution < -0.4 is 5.32 Å². The molecule has 6 heteroatoms. The average Bonchev–Trinajstić information content (AvgIpc) is 3.16. The number of benzene rings is 3. The monoisotopic (exact) mass is 460 g/mol. The predicted octanol–water partition coefficient (Wildman–Crippen LogP) is 5.87. The van der Waals surface area contributed by atoms with E-state index >= 15 is 0 Å². The Bertz CT molecular complexity index is 1180. The third-order valence-electron chi connectivity index (χ3n) is 4.77. The van der Waals surface area contributed by atoms with Crippen molar-refractivity contribution in [3.63, 3.8) is 0 Å². The average molecular weight is 461 g/mol. The number of nitrogens with one attached hydrogen (secondary N) is 1. The molecule has 0 aliphatic heterocycles. The molecule has 0 fully saturated rings. The lowest BCUT2D eigenvalue weighted by molar-refractivity contribution is 0.101. The summed E-state index contributed by atoms with van der Waals surface area (Å²) in [6.07, 6.45) is 0. The summed E-state index contributed by atoms with van der Waals surface area (Å²) < 4.78 is 2.69. The van der Waals surface area contributed by atoms with Crippen LogP contribution in [0.3, 0.4) is 0 Å². The van der Waals surface area contributed by atoms with E-state index < -0.39 is 0 Å². The number of aryl methyl sites for hydroxylation is 3. The molecule has 0 aliphatic rings. The summed E-state index contributed by atoms with van der Waals surface area (Å²) >= 11 is 3.44. The van der Waals surface area contributed by atoms with Crippen LogP contribution in [0.1, 0.15) is 27.3 Å². The van der Waals surface area contributed by atoms with Crippen LogP contribution in [-0.4, -0.2) is 20.7 Å². The quantitative estimate of drug-likeness (QED) is 0.413. The molecule has 0 radical (unpaired) electrons. The number of rotatable bonds is 4. The van der Waals surface area contributed by atoms with Gasteiger partial charge in [0.2, 0.25) is 5.82 Å². The van der Waals surface area contributed by atoms with Gasteiger partial charge in [-0.25, -0.2) is 9.67 Å². The van der Waals surface area contributed by atoms with Crippen LogP contribution in [-0.2, 0) is 0 Å². The first-order valence-electron chi connectivity index (χ1n) is 9.59. The molecule has 150 valence electrons. The molecule has 5 nitrogen and oxygen atoms in total. The van der Waals surface area contributed by atoms with Crippen LogP contribution in [0, 0.1) is 20.8 Å². The number of carbonyl (C=O) groups is 1. The van der Waals surface area contributed by atoms with Crippen molar-refractivity contribution < 1.29 is 4.79 Å². The van der Waals surface area contributed by atoms with E-state index in [1.165, 1.54) is 0 Å². The lowest BCUT2D eigenvalue weighted by Crippen LogP contribution is -2.15. The minimum Gasteiger partial charge on any atom is -0.319 e. The van der Waals surface area contributed by atoms with Gasteiger partial charge in [0.1, 0.15) is 0 Å². The van der Waals surface area contributed by atoms with Gasteiger partial charge in [0.15, 0.2) is 5.82 Å². The molecule has 0 spiro atoms. The molecule has 1 heterocycles. The van der Waals surface area contributed by atoms with E-state index in [-0.39, 0.29) is 11.7 Å². The molecule has 30 heavy (non-hydrogen) atoms. The first-order valence-corrected chi connectivity index (χ1v) is 10.4. The van der Waals surface area contributed by atoms with Gasteiger partial charge in [-0.3, -0.25) is 4.79 Å². The molecule has 0 aliphatic carbocycles. The lowest BCUT2D eigenvalue weighted by Gasteiger charge is -2.07. The zero-order chi connectivity index (χ0) is 21.3. The molecule has 4 rings (SSSR count). The van der Waals surface area contributed by atoms with Crippen molar-refractivity contribution in [3.05, 3.63) is 93.7 Å². The lowest BCUT2D eigenvalue weighted by atomic mass is 10.1. The maximum atomic E-state index is 13.0. The zero-order valence-corrected chi connectivity index (χ0v) is 18.6. The molecular formula is C24H21BrN4O. The Morgan fingerprint density at radius 2 is 1.67 bits per heavy atom. The summed E-state index contributed by atoms with van der Waals surface area (Å²) in [5, 5.41) is 7.48. The Hall–Kier alpha value is -3.25. The van der Waals surface area contributed by atoms with Gasteiger partial charge in [0.05, 0.1) is 5.69 Å². The van der Waals surface area contributed by atoms with E-state index in [9.17, 15) is 4.79 Å². The summed E-state index contributed by atoms with van der Waals surface area (Å²) in [5.74, 6) is 0.401. The van der Waals surface area contributed by atoms with Gasteiger partial charge < -0.3 is 5.32 Å². The third kappa shape index (κ3) is 4.19. The van der Waals surface area contributed by atoms with E-state index in [4.69, 9.17) is 0 Å². The van der Waals surface area contributed by atoms with Gasteiger partial charge in [-0.15, -0.1) is 5.10 Å². The highest BCUT2D eigenvalue weighted by atomic mass is 79.9. The number of anilines is 1. The Labute approximate surface area is 183 Å². The molecule has 0 atom stereocenters. The summed E-state index contributed by atoms with van der Waals surface area (Å²) in [6, 6.07) is 21.7. The van der Waals surface area contributed by atoms with Crippen molar-refractivity contribution >= 4 is 27.5 Å². The molecule has 1 amide bonds. The fourth-order valence-electron chi connectivity index (χ4n) is 3.26. The maximum absolute atomic E-state index is 13.0. The number of amides is 1. The van der Waals surface area contributed by atoms with E-state index in [2.05, 4.69) is 31.3 Å². The summed E-state index contributed by atoms with van der Waals surface area (Å²) in [6.45, 7) is 5.99. The van der Waals surface area contributed by atoms with Gasteiger partial charge in [-0.05, 0) is 68.3 Å². The van der Waals surface area contributed by atoms with Gasteiger partial charge in [0, 0.05) is 15.7 Å². The Morgan fingerprint density at radius 3 is 2.37 bits per heavy atom. The fraction of sp³-hybridized carbons (Fsp3) is 0.125. The number of nitrogens with zero attached hydrogens (tertiary/aromatic N) is 3. The van der Waals surface area contributed by atoms with Gasteiger partial charge in [0.25, 0.3) is 5.91 Å². The van der Waals surface area contributed by atoms with E-state index in [0.717, 1.165) is 38.1 Å². The molecule has 4 aromatic rings. The van der Waals surface area contributed by atoms with Gasteiger partial charge in [-0.1, -0.05) is 51.8 Å². The molecule has 0 saturated carbocycles. The minimum absolute atomic E-state index is 0.121. The number of aromatic nitrogens is 3. The molecule has 1 N–H and O–H groups in total. The SMILES string of the molecule is Cc1cccc(-c2nc(C(=O)Nc3ccc(Br)cc3C)nn2-c2cccc(C)c2)c1. The molecular weight excluding hydrogens is 440 g/mol. The summed E-state index contributed by atoms with van der Waals surface area (Å²) in [7, 11) is 0. The van der Waals surface area contributed by atoms with Crippen LogP contribution in [0.4, 0.5) is 5.69 Å². The second-order valence-electron chi connectivity index (χ2n) is 7.29. The molecule has 0 unspecified atom stereocenters. The second-order valence-corrected chi connectivity index (χ2v) is 8.21. The predicted molar refractivity (Wildman–Crippen MR) is 123 cm³/mol. The first kappa shape index (κ1) is 20.0. The van der Waals surface area contributed by atoms with Crippen molar-refractivity contribution in [1.82, 2.24) is 14.8 Å². The highest BCUT2D eigenvalue weighted by Gasteiger charge is 2.19. The summed E-state index contributed by atoms with van der Waals surface area (Å²) in [4.78, 5) is 17.6. The zero-order valence-electron chi connectivity index (χ0n) is 17.0. The molecule has 3 aromatic carbocycles. The number of hydrogen-bond acceptors (Lipinski definition) is 3. The fourth-order valence-corrected chi connectivity index (χ4v) is 3.74. The van der Waals surface area contributed by atoms with E-state index in [1.54, 1.807) is 4.68 Å². The highest BCUT2D eigenvalue weighted by molar-refractivity contribution is 9.10. The van der Waals surface area contributed by atoms with Crippen LogP contribution in [0.25, 0.3) is 17.1 Å². The van der Waals surface area contributed by atoms with Gasteiger partial charge in [-0.2, -0.15) is 0 Å². The van der Waals surface area contributed by atoms with E-state index in [0.29, 0.717) is 5.82 Å². The number of hydrogen-bond donors (Lipinski definition) is 1. The third-order valence-corrected chi connectivity index (χ3v) is 5.26. The van der Waals surface area contributed by atoms with Crippen molar-refractivity contribution in [2.75, 3.05) is 5.32 Å². The Balaban J connectivity index is 1.77. The van der Waals surface area contributed by atoms with Gasteiger partial charge >= 0.3 is 0 Å². The molecule has 0 saturated heterocycles. The second kappa shape index (κ2) is 8.24. The first-order chi connectivity index (χ1) is 14.4. The van der Waals surface area contributed by atoms with Crippen molar-refractivity contribution in [3.8, 4) is 17.1 Å². The molecule has 0 bridgehead atoms.